The fraction of sp³-hybridized carbons (Fsp3) is 0.864. The molecule has 0 aromatic rings. The molecule has 10 atom stereocenters. The van der Waals surface area contributed by atoms with Gasteiger partial charge in [0.05, 0.1) is 31.0 Å². The molecule has 3 fully saturated rings. The van der Waals surface area contributed by atoms with E-state index < -0.39 is 70.5 Å². The minimum absolute atomic E-state index is 0. The van der Waals surface area contributed by atoms with Gasteiger partial charge in [-0.25, -0.2) is 0 Å². The zero-order valence-electron chi connectivity index (χ0n) is 19.7. The van der Waals surface area contributed by atoms with Gasteiger partial charge in [-0.1, -0.05) is 20.8 Å². The van der Waals surface area contributed by atoms with Crippen LogP contribution in [0.3, 0.4) is 0 Å². The van der Waals surface area contributed by atoms with Crippen molar-refractivity contribution >= 4 is 5.97 Å². The van der Waals surface area contributed by atoms with Crippen LogP contribution in [0.15, 0.2) is 11.1 Å². The van der Waals surface area contributed by atoms with Gasteiger partial charge in [0.1, 0.15) is 23.4 Å². The van der Waals surface area contributed by atoms with Crippen LogP contribution in [-0.4, -0.2) is 91.0 Å². The molecular formula is C22H34Ac2O9. The second-order valence-electron chi connectivity index (χ2n) is 10.7. The summed E-state index contributed by atoms with van der Waals surface area (Å²) in [5.74, 6) is -1.89. The number of carbonyl (C=O) groups is 1. The van der Waals surface area contributed by atoms with E-state index in [1.165, 1.54) is 13.8 Å². The SMILES string of the molecule is CC(=O)O[C@H]1C2[C@](C)([C@H](O)[C@H](O)C3=C(C)[C@@H](O)C[C@]1(O)C3(C)C)[C@@H](O)C[C@H]1OC[C@@]21O.[Ac].[Ac]. The summed E-state index contributed by atoms with van der Waals surface area (Å²) < 4.78 is 11.2. The molecule has 0 amide bonds. The van der Waals surface area contributed by atoms with Gasteiger partial charge in [0.25, 0.3) is 0 Å². The van der Waals surface area contributed by atoms with E-state index in [2.05, 4.69) is 0 Å². The second kappa shape index (κ2) is 9.84. The second-order valence-corrected chi connectivity index (χ2v) is 10.7. The van der Waals surface area contributed by atoms with E-state index >= 15 is 0 Å². The summed E-state index contributed by atoms with van der Waals surface area (Å²) in [6, 6.07) is 0. The number of hydrogen-bond donors (Lipinski definition) is 6. The van der Waals surface area contributed by atoms with E-state index in [0.717, 1.165) is 0 Å². The molecule has 1 aliphatic heterocycles. The van der Waals surface area contributed by atoms with E-state index in [9.17, 15) is 35.4 Å². The Morgan fingerprint density at radius 3 is 2.15 bits per heavy atom. The Kier molecular flexibility index (Phi) is 9.26. The third-order valence-electron chi connectivity index (χ3n) is 8.92. The number of aliphatic hydroxyl groups is 6. The third-order valence-corrected chi connectivity index (χ3v) is 8.92. The van der Waals surface area contributed by atoms with Gasteiger partial charge in [0, 0.05) is 125 Å². The monoisotopic (exact) mass is 896 g/mol. The Balaban J connectivity index is 0.00000193. The van der Waals surface area contributed by atoms with Crippen LogP contribution in [0.5, 0.6) is 0 Å². The molecule has 2 radical (unpaired) electrons. The van der Waals surface area contributed by atoms with Gasteiger partial charge in [0.2, 0.25) is 0 Å². The number of fused-ring (bicyclic) bond motifs is 5. The van der Waals surface area contributed by atoms with Crippen LogP contribution in [0, 0.1) is 105 Å². The van der Waals surface area contributed by atoms with Gasteiger partial charge in [-0.2, -0.15) is 0 Å². The number of carbonyl (C=O) groups excluding carboxylic acids is 1. The van der Waals surface area contributed by atoms with Crippen molar-refractivity contribution in [2.24, 2.45) is 16.7 Å². The number of hydrogen-bond acceptors (Lipinski definition) is 9. The number of ether oxygens (including phenoxy) is 2. The molecule has 4 aliphatic rings. The Morgan fingerprint density at radius 1 is 1.09 bits per heavy atom. The van der Waals surface area contributed by atoms with Crippen molar-refractivity contribution in [3.8, 4) is 0 Å². The maximum Gasteiger partial charge on any atom is 0.303 e. The number of rotatable bonds is 1. The fourth-order valence-electron chi connectivity index (χ4n) is 6.91. The Morgan fingerprint density at radius 2 is 1.67 bits per heavy atom. The van der Waals surface area contributed by atoms with Crippen molar-refractivity contribution in [1.82, 2.24) is 0 Å². The van der Waals surface area contributed by atoms with Crippen LogP contribution in [-0.2, 0) is 14.3 Å². The van der Waals surface area contributed by atoms with Gasteiger partial charge in [-0.15, -0.1) is 0 Å². The predicted molar refractivity (Wildman–Crippen MR) is 107 cm³/mol. The maximum absolute atomic E-state index is 12.2. The molecule has 182 valence electrons. The van der Waals surface area contributed by atoms with E-state index in [1.54, 1.807) is 20.8 Å². The number of aliphatic hydroxyl groups excluding tert-OH is 4. The zero-order valence-corrected chi connectivity index (χ0v) is 29.2. The average Bonchev–Trinajstić information content (AvgIpc) is 2.66. The van der Waals surface area contributed by atoms with Gasteiger partial charge in [-0.05, 0) is 18.1 Å². The van der Waals surface area contributed by atoms with Crippen molar-refractivity contribution < 1.29 is 133 Å². The maximum atomic E-state index is 12.2. The van der Waals surface area contributed by atoms with Crippen LogP contribution in [0.4, 0.5) is 0 Å². The largest absolute Gasteiger partial charge is 0.459 e. The van der Waals surface area contributed by atoms with Crippen LogP contribution in [0.1, 0.15) is 47.5 Å². The van der Waals surface area contributed by atoms with Crippen molar-refractivity contribution in [3.05, 3.63) is 11.1 Å². The molecule has 4 rings (SSSR count). The minimum Gasteiger partial charge on any atom is -0.459 e. The van der Waals surface area contributed by atoms with Crippen LogP contribution >= 0.6 is 0 Å². The minimum atomic E-state index is -1.91. The van der Waals surface area contributed by atoms with Crippen molar-refractivity contribution in [1.29, 1.82) is 0 Å². The molecule has 1 unspecified atom stereocenters. The van der Waals surface area contributed by atoms with Crippen molar-refractivity contribution in [2.45, 2.75) is 95.3 Å². The Bertz CT molecular complexity index is 835. The average molecular weight is 897 g/mol. The van der Waals surface area contributed by atoms with Gasteiger partial charge in [-0.3, -0.25) is 4.79 Å². The molecule has 0 spiro atoms. The first-order chi connectivity index (χ1) is 14.1. The van der Waals surface area contributed by atoms with E-state index in [0.29, 0.717) is 5.57 Å². The summed E-state index contributed by atoms with van der Waals surface area (Å²) in [4.78, 5) is 12.2. The molecule has 1 heterocycles. The summed E-state index contributed by atoms with van der Waals surface area (Å²) in [5, 5.41) is 68.4. The first-order valence-corrected chi connectivity index (χ1v) is 10.8. The van der Waals surface area contributed by atoms with Crippen LogP contribution < -0.4 is 0 Å². The fourth-order valence-corrected chi connectivity index (χ4v) is 6.91. The van der Waals surface area contributed by atoms with Crippen LogP contribution in [0.25, 0.3) is 0 Å². The molecule has 33 heavy (non-hydrogen) atoms. The molecule has 3 aliphatic carbocycles. The van der Waals surface area contributed by atoms with E-state index in [4.69, 9.17) is 9.47 Å². The van der Waals surface area contributed by atoms with Crippen LogP contribution in [0.2, 0.25) is 0 Å². The van der Waals surface area contributed by atoms with E-state index in [-0.39, 0.29) is 113 Å². The quantitative estimate of drug-likeness (QED) is 0.144. The summed E-state index contributed by atoms with van der Waals surface area (Å²) in [6.07, 6.45) is -7.84. The molecule has 9 nitrogen and oxygen atoms in total. The first-order valence-electron chi connectivity index (χ1n) is 10.8. The zero-order chi connectivity index (χ0) is 23.3. The van der Waals surface area contributed by atoms with E-state index in [1.807, 2.05) is 0 Å². The Labute approximate surface area is 265 Å². The summed E-state index contributed by atoms with van der Waals surface area (Å²) in [7, 11) is 0. The molecule has 6 N–H and O–H groups in total. The molecule has 2 bridgehead atoms. The molecular weight excluding hydrogens is 862 g/mol. The smallest absolute Gasteiger partial charge is 0.303 e. The molecule has 1 saturated heterocycles. The first kappa shape index (κ1) is 31.0. The Hall–Kier alpha value is 1.81. The van der Waals surface area contributed by atoms with Crippen molar-refractivity contribution in [3.63, 3.8) is 0 Å². The summed E-state index contributed by atoms with van der Waals surface area (Å²) in [5.41, 5.74) is -5.65. The van der Waals surface area contributed by atoms with Gasteiger partial charge in [0.15, 0.2) is 0 Å². The molecule has 0 aromatic heterocycles. The van der Waals surface area contributed by atoms with Crippen molar-refractivity contribution in [2.75, 3.05) is 6.61 Å². The standard InChI is InChI=1S/C22H34O9.2Ac/c1-9-11(24)7-22(29)18(31-10(2)23)16-20(5,12(25)6-13-21(16,28)8-30-13)17(27)15(26)14(9)19(22,3)4;;/h11-13,15-18,24-29H,6-8H2,1-5H3;;/t11-,12-,13+,15+,16?,17+,18-,20+,21-,22+;;/m0../s1. The molecule has 11 heteroatoms. The summed E-state index contributed by atoms with van der Waals surface area (Å²) in [6.45, 7) is 7.52. The van der Waals surface area contributed by atoms with Gasteiger partial charge < -0.3 is 40.1 Å². The summed E-state index contributed by atoms with van der Waals surface area (Å²) >= 11 is 0. The third kappa shape index (κ3) is 4.06. The molecule has 0 aromatic carbocycles. The molecule has 2 saturated carbocycles. The topological polar surface area (TPSA) is 157 Å². The number of esters is 1. The normalized spacial score (nSPS) is 50.2. The van der Waals surface area contributed by atoms with Gasteiger partial charge >= 0.3 is 5.97 Å². The predicted octanol–water partition coefficient (Wildman–Crippen LogP) is -0.991.